The molecule has 176 valence electrons. The van der Waals surface area contributed by atoms with Gasteiger partial charge >= 0.3 is 0 Å². The van der Waals surface area contributed by atoms with Crippen LogP contribution >= 0.6 is 0 Å². The first kappa shape index (κ1) is 23.3. The zero-order valence-corrected chi connectivity index (χ0v) is 19.5. The van der Waals surface area contributed by atoms with Gasteiger partial charge in [-0.25, -0.2) is 0 Å². The lowest BCUT2D eigenvalue weighted by Gasteiger charge is -2.41. The number of nitrogens with one attached hydrogen (secondary N) is 1. The Bertz CT molecular complexity index is 1040. The first-order valence-electron chi connectivity index (χ1n) is 11.3. The van der Waals surface area contributed by atoms with Crippen LogP contribution in [-0.4, -0.2) is 58.9 Å². The van der Waals surface area contributed by atoms with E-state index in [-0.39, 0.29) is 23.7 Å². The molecule has 7 nitrogen and oxygen atoms in total. The fraction of sp³-hybridized carbons (Fsp3) is 0.462. The van der Waals surface area contributed by atoms with E-state index in [9.17, 15) is 9.59 Å². The summed E-state index contributed by atoms with van der Waals surface area (Å²) in [7, 11) is 3.14. The van der Waals surface area contributed by atoms with Crippen LogP contribution in [0.25, 0.3) is 11.1 Å². The van der Waals surface area contributed by atoms with Crippen LogP contribution in [0.4, 0.5) is 0 Å². The second kappa shape index (κ2) is 9.93. The van der Waals surface area contributed by atoms with E-state index in [4.69, 9.17) is 18.9 Å². The molecule has 2 aromatic carbocycles. The number of carbonyl (C=O) groups excluding carboxylic acids is 2. The van der Waals surface area contributed by atoms with Crippen molar-refractivity contribution in [2.24, 2.45) is 5.41 Å². The third kappa shape index (κ3) is 4.61. The van der Waals surface area contributed by atoms with Gasteiger partial charge in [0, 0.05) is 31.2 Å². The molecule has 1 heterocycles. The molecule has 0 bridgehead atoms. The highest BCUT2D eigenvalue weighted by Crippen LogP contribution is 2.45. The van der Waals surface area contributed by atoms with Crippen molar-refractivity contribution in [3.8, 4) is 22.6 Å². The fourth-order valence-electron chi connectivity index (χ4n) is 4.52. The van der Waals surface area contributed by atoms with E-state index in [0.717, 1.165) is 40.7 Å². The number of carbonyl (C=O) groups is 2. The van der Waals surface area contributed by atoms with Crippen molar-refractivity contribution in [3.05, 3.63) is 47.0 Å². The van der Waals surface area contributed by atoms with Gasteiger partial charge in [-0.2, -0.15) is 0 Å². The third-order valence-electron chi connectivity index (χ3n) is 6.42. The first-order valence-corrected chi connectivity index (χ1v) is 11.3. The van der Waals surface area contributed by atoms with E-state index < -0.39 is 0 Å². The third-order valence-corrected chi connectivity index (χ3v) is 6.42. The minimum absolute atomic E-state index is 0.0200. The summed E-state index contributed by atoms with van der Waals surface area (Å²) in [5.41, 5.74) is 4.50. The number of methoxy groups -OCH3 is 2. The summed E-state index contributed by atoms with van der Waals surface area (Å²) >= 11 is 0. The lowest BCUT2D eigenvalue weighted by Crippen LogP contribution is -2.54. The Hall–Kier alpha value is -2.90. The van der Waals surface area contributed by atoms with Gasteiger partial charge in [-0.1, -0.05) is 37.3 Å². The van der Waals surface area contributed by atoms with E-state index in [1.807, 2.05) is 18.2 Å². The van der Waals surface area contributed by atoms with E-state index in [1.54, 1.807) is 7.11 Å². The second-order valence-electron chi connectivity index (χ2n) is 8.73. The van der Waals surface area contributed by atoms with Crippen LogP contribution in [0.1, 0.15) is 34.8 Å². The molecular formula is C26H31NO6. The molecule has 1 aliphatic carbocycles. The van der Waals surface area contributed by atoms with Gasteiger partial charge in [0.1, 0.15) is 13.2 Å². The maximum absolute atomic E-state index is 12.3. The van der Waals surface area contributed by atoms with Gasteiger partial charge in [0.05, 0.1) is 25.7 Å². The lowest BCUT2D eigenvalue weighted by molar-refractivity contribution is -0.139. The number of benzene rings is 2. The van der Waals surface area contributed by atoms with E-state index in [1.165, 1.54) is 7.11 Å². The topological polar surface area (TPSA) is 83.1 Å². The maximum atomic E-state index is 12.3. The molecule has 4 rings (SSSR count). The van der Waals surface area contributed by atoms with Crippen molar-refractivity contribution in [2.45, 2.75) is 26.2 Å². The highest BCUT2D eigenvalue weighted by molar-refractivity contribution is 6.02. The number of Topliss-reactive ketones (excluding diaryl/α,β-unsaturated/α-hetero) is 1. The molecule has 1 aliphatic heterocycles. The molecule has 0 radical (unpaired) electrons. The predicted molar refractivity (Wildman–Crippen MR) is 124 cm³/mol. The largest absolute Gasteiger partial charge is 0.493 e. The van der Waals surface area contributed by atoms with Crippen molar-refractivity contribution in [1.29, 1.82) is 0 Å². The van der Waals surface area contributed by atoms with Gasteiger partial charge in [0.25, 0.3) is 0 Å². The second-order valence-corrected chi connectivity index (χ2v) is 8.73. The molecule has 0 saturated carbocycles. The number of ether oxygens (including phenoxy) is 4. The first-order chi connectivity index (χ1) is 16.0. The number of hydrogen-bond donors (Lipinski definition) is 1. The number of fused-ring (bicyclic) bond motifs is 1. The lowest BCUT2D eigenvalue weighted by atomic mass is 9.86. The highest BCUT2D eigenvalue weighted by Gasteiger charge is 2.40. The Morgan fingerprint density at radius 3 is 2.52 bits per heavy atom. The Kier molecular flexibility index (Phi) is 7.00. The summed E-state index contributed by atoms with van der Waals surface area (Å²) < 4.78 is 22.7. The monoisotopic (exact) mass is 453 g/mol. The van der Waals surface area contributed by atoms with Crippen LogP contribution in [-0.2, 0) is 27.1 Å². The average Bonchev–Trinajstić information content (AvgIpc) is 3.18. The van der Waals surface area contributed by atoms with E-state index >= 15 is 0 Å². The van der Waals surface area contributed by atoms with Crippen molar-refractivity contribution < 1.29 is 28.5 Å². The van der Waals surface area contributed by atoms with Crippen LogP contribution in [0.3, 0.4) is 0 Å². The van der Waals surface area contributed by atoms with Crippen molar-refractivity contribution in [2.75, 3.05) is 47.2 Å². The van der Waals surface area contributed by atoms with Crippen molar-refractivity contribution in [3.63, 3.8) is 0 Å². The summed E-state index contributed by atoms with van der Waals surface area (Å²) in [6, 6.07) is 9.98. The smallest absolute Gasteiger partial charge is 0.246 e. The maximum Gasteiger partial charge on any atom is 0.246 e. The van der Waals surface area contributed by atoms with Crippen LogP contribution in [0, 0.1) is 5.41 Å². The molecule has 1 amide bonds. The molecule has 2 aromatic rings. The molecule has 2 aliphatic rings. The Morgan fingerprint density at radius 1 is 1.06 bits per heavy atom. The molecule has 0 aromatic heterocycles. The van der Waals surface area contributed by atoms with Crippen molar-refractivity contribution in [1.82, 2.24) is 5.32 Å². The Labute approximate surface area is 194 Å². The molecule has 33 heavy (non-hydrogen) atoms. The average molecular weight is 454 g/mol. The Morgan fingerprint density at radius 2 is 1.85 bits per heavy atom. The van der Waals surface area contributed by atoms with Gasteiger partial charge in [0.2, 0.25) is 5.91 Å². The summed E-state index contributed by atoms with van der Waals surface area (Å²) in [5.74, 6) is 1.39. The van der Waals surface area contributed by atoms with Crippen LogP contribution in [0.2, 0.25) is 0 Å². The van der Waals surface area contributed by atoms with Gasteiger partial charge in [-0.3, -0.25) is 9.59 Å². The van der Waals surface area contributed by atoms with Crippen molar-refractivity contribution >= 4 is 11.7 Å². The SMILES string of the molecule is CCc1ccc(-c2cccc3c2CCC3=O)c(OCC2(CNC(=O)COC)COC2)c1OC. The van der Waals surface area contributed by atoms with Gasteiger partial charge < -0.3 is 24.3 Å². The number of ketones is 1. The summed E-state index contributed by atoms with van der Waals surface area (Å²) in [6.45, 7) is 3.90. The quantitative estimate of drug-likeness (QED) is 0.595. The molecule has 7 heteroatoms. The van der Waals surface area contributed by atoms with Gasteiger partial charge in [0.15, 0.2) is 17.3 Å². The number of aryl methyl sites for hydroxylation is 1. The van der Waals surface area contributed by atoms with Gasteiger partial charge in [-0.05, 0) is 29.5 Å². The van der Waals surface area contributed by atoms with E-state index in [2.05, 4.69) is 24.4 Å². The predicted octanol–water partition coefficient (Wildman–Crippen LogP) is 3.21. The molecule has 1 saturated heterocycles. The summed E-state index contributed by atoms with van der Waals surface area (Å²) in [6.07, 6.45) is 2.06. The van der Waals surface area contributed by atoms with E-state index in [0.29, 0.717) is 44.3 Å². The van der Waals surface area contributed by atoms with Crippen LogP contribution in [0.5, 0.6) is 11.5 Å². The molecule has 0 atom stereocenters. The fourth-order valence-corrected chi connectivity index (χ4v) is 4.52. The molecule has 1 fully saturated rings. The molecule has 1 N–H and O–H groups in total. The molecule has 0 unspecified atom stereocenters. The summed E-state index contributed by atoms with van der Waals surface area (Å²) in [5, 5.41) is 2.91. The minimum Gasteiger partial charge on any atom is -0.493 e. The zero-order valence-electron chi connectivity index (χ0n) is 19.5. The Balaban J connectivity index is 1.66. The minimum atomic E-state index is -0.317. The summed E-state index contributed by atoms with van der Waals surface area (Å²) in [4.78, 5) is 24.2. The molecule has 0 spiro atoms. The number of amides is 1. The standard InChI is InChI=1S/C26H31NO6/c1-4-17-8-9-21(18-6-5-7-20-19(18)10-11-22(20)28)25(24(17)31-3)33-16-26(14-32-15-26)13-27-23(29)12-30-2/h5-9H,4,10-16H2,1-3H3,(H,27,29). The number of rotatable bonds is 10. The van der Waals surface area contributed by atoms with Crippen LogP contribution < -0.4 is 14.8 Å². The highest BCUT2D eigenvalue weighted by atomic mass is 16.5. The number of hydrogen-bond acceptors (Lipinski definition) is 6. The van der Waals surface area contributed by atoms with Crippen LogP contribution in [0.15, 0.2) is 30.3 Å². The normalized spacial score (nSPS) is 16.2. The van der Waals surface area contributed by atoms with Gasteiger partial charge in [-0.15, -0.1) is 0 Å². The zero-order chi connectivity index (χ0) is 23.4. The molecular weight excluding hydrogens is 422 g/mol.